The maximum atomic E-state index is 10.7. The molecule has 0 atom stereocenters. The van der Waals surface area contributed by atoms with Crippen LogP contribution in [0.4, 0.5) is 0 Å². The number of aromatic amines is 1. The van der Waals surface area contributed by atoms with Crippen molar-refractivity contribution in [2.24, 2.45) is 0 Å². The monoisotopic (exact) mass is 203 g/mol. The van der Waals surface area contributed by atoms with Gasteiger partial charge in [-0.1, -0.05) is 0 Å². The van der Waals surface area contributed by atoms with Crippen molar-refractivity contribution in [1.82, 2.24) is 15.2 Å². The van der Waals surface area contributed by atoms with Crippen LogP contribution in [-0.4, -0.2) is 26.3 Å². The van der Waals surface area contributed by atoms with Gasteiger partial charge in [-0.2, -0.15) is 5.10 Å². The van der Waals surface area contributed by atoms with E-state index in [1.807, 2.05) is 13.0 Å². The zero-order chi connectivity index (χ0) is 10.8. The Kier molecular flexibility index (Phi) is 2.21. The minimum atomic E-state index is -0.984. The lowest BCUT2D eigenvalue weighted by molar-refractivity contribution is 0.0691. The van der Waals surface area contributed by atoms with Gasteiger partial charge in [-0.15, -0.1) is 5.10 Å². The highest BCUT2D eigenvalue weighted by Gasteiger charge is 2.09. The molecule has 0 saturated carbocycles. The predicted molar refractivity (Wildman–Crippen MR) is 53.5 cm³/mol. The molecule has 0 aliphatic carbocycles. The molecule has 2 rings (SSSR count). The molecule has 0 fully saturated rings. The van der Waals surface area contributed by atoms with Crippen LogP contribution in [0, 0.1) is 6.92 Å². The highest BCUT2D eigenvalue weighted by atomic mass is 16.4. The SMILES string of the molecule is Cc1ccnnc1-c1ccc(C(=O)O)[nH]1. The van der Waals surface area contributed by atoms with Crippen molar-refractivity contribution in [3.05, 3.63) is 35.7 Å². The summed E-state index contributed by atoms with van der Waals surface area (Å²) in [6.07, 6.45) is 1.60. The van der Waals surface area contributed by atoms with Crippen LogP contribution < -0.4 is 0 Å². The molecule has 5 nitrogen and oxygen atoms in total. The van der Waals surface area contributed by atoms with E-state index in [0.29, 0.717) is 11.4 Å². The van der Waals surface area contributed by atoms with Crippen LogP contribution in [-0.2, 0) is 0 Å². The molecule has 2 heterocycles. The van der Waals surface area contributed by atoms with Crippen LogP contribution in [0.2, 0.25) is 0 Å². The number of aromatic carboxylic acids is 1. The van der Waals surface area contributed by atoms with E-state index >= 15 is 0 Å². The van der Waals surface area contributed by atoms with Gasteiger partial charge in [0.15, 0.2) is 0 Å². The number of hydrogen-bond acceptors (Lipinski definition) is 3. The Morgan fingerprint density at radius 3 is 2.80 bits per heavy atom. The fraction of sp³-hybridized carbons (Fsp3) is 0.100. The Labute approximate surface area is 85.8 Å². The summed E-state index contributed by atoms with van der Waals surface area (Å²) in [7, 11) is 0. The first-order valence-corrected chi connectivity index (χ1v) is 4.39. The predicted octanol–water partition coefficient (Wildman–Crippen LogP) is 1.48. The Morgan fingerprint density at radius 1 is 1.40 bits per heavy atom. The number of hydrogen-bond donors (Lipinski definition) is 2. The molecular weight excluding hydrogens is 194 g/mol. The topological polar surface area (TPSA) is 78.9 Å². The Bertz CT molecular complexity index is 505. The van der Waals surface area contributed by atoms with Gasteiger partial charge in [0.1, 0.15) is 11.4 Å². The first kappa shape index (κ1) is 9.39. The molecule has 15 heavy (non-hydrogen) atoms. The van der Waals surface area contributed by atoms with Crippen molar-refractivity contribution >= 4 is 5.97 Å². The minimum Gasteiger partial charge on any atom is -0.477 e. The van der Waals surface area contributed by atoms with Crippen LogP contribution in [0.15, 0.2) is 24.4 Å². The van der Waals surface area contributed by atoms with Crippen molar-refractivity contribution in [1.29, 1.82) is 0 Å². The quantitative estimate of drug-likeness (QED) is 0.774. The first-order valence-electron chi connectivity index (χ1n) is 4.39. The standard InChI is InChI=1S/C10H9N3O2/c1-6-4-5-11-13-9(6)7-2-3-8(12-7)10(14)15/h2-5,12H,1H3,(H,14,15). The summed E-state index contributed by atoms with van der Waals surface area (Å²) < 4.78 is 0. The summed E-state index contributed by atoms with van der Waals surface area (Å²) >= 11 is 0. The molecule has 0 amide bonds. The number of carboxylic acid groups (broad SMARTS) is 1. The number of aromatic nitrogens is 3. The van der Waals surface area contributed by atoms with Crippen LogP contribution >= 0.6 is 0 Å². The largest absolute Gasteiger partial charge is 0.477 e. The molecule has 0 aliphatic heterocycles. The van der Waals surface area contributed by atoms with Crippen molar-refractivity contribution in [2.75, 3.05) is 0 Å². The number of carboxylic acids is 1. The average molecular weight is 203 g/mol. The lowest BCUT2D eigenvalue weighted by Crippen LogP contribution is -1.96. The molecule has 2 aromatic heterocycles. The van der Waals surface area contributed by atoms with Gasteiger partial charge in [0.2, 0.25) is 0 Å². The Hall–Kier alpha value is -2.17. The summed E-state index contributed by atoms with van der Waals surface area (Å²) in [5.41, 5.74) is 2.43. The van der Waals surface area contributed by atoms with Crippen LogP contribution in [0.3, 0.4) is 0 Å². The van der Waals surface area contributed by atoms with Crippen LogP contribution in [0.25, 0.3) is 11.4 Å². The van der Waals surface area contributed by atoms with Gasteiger partial charge in [0, 0.05) is 6.20 Å². The van der Waals surface area contributed by atoms with E-state index in [1.165, 1.54) is 6.07 Å². The molecule has 2 aromatic rings. The van der Waals surface area contributed by atoms with Crippen molar-refractivity contribution < 1.29 is 9.90 Å². The van der Waals surface area contributed by atoms with Crippen molar-refractivity contribution in [3.63, 3.8) is 0 Å². The molecule has 0 unspecified atom stereocenters. The summed E-state index contributed by atoms with van der Waals surface area (Å²) in [5, 5.41) is 16.5. The number of rotatable bonds is 2. The molecular formula is C10H9N3O2. The molecule has 0 spiro atoms. The third-order valence-corrected chi connectivity index (χ3v) is 2.09. The zero-order valence-electron chi connectivity index (χ0n) is 8.06. The van der Waals surface area contributed by atoms with E-state index in [4.69, 9.17) is 5.11 Å². The highest BCUT2D eigenvalue weighted by Crippen LogP contribution is 2.18. The average Bonchev–Trinajstić information content (AvgIpc) is 2.67. The second-order valence-corrected chi connectivity index (χ2v) is 3.15. The molecule has 0 saturated heterocycles. The third-order valence-electron chi connectivity index (χ3n) is 2.09. The molecule has 2 N–H and O–H groups in total. The maximum absolute atomic E-state index is 10.7. The lowest BCUT2D eigenvalue weighted by atomic mass is 10.2. The molecule has 0 aromatic carbocycles. The van der Waals surface area contributed by atoms with E-state index in [1.54, 1.807) is 12.3 Å². The van der Waals surface area contributed by atoms with Crippen molar-refractivity contribution in [2.45, 2.75) is 6.92 Å². The van der Waals surface area contributed by atoms with E-state index < -0.39 is 5.97 Å². The van der Waals surface area contributed by atoms with Gasteiger partial charge in [-0.3, -0.25) is 0 Å². The molecule has 0 aliphatic rings. The fourth-order valence-corrected chi connectivity index (χ4v) is 1.32. The number of aryl methyl sites for hydroxylation is 1. The molecule has 0 radical (unpaired) electrons. The first-order chi connectivity index (χ1) is 7.18. The number of H-pyrrole nitrogens is 1. The lowest BCUT2D eigenvalue weighted by Gasteiger charge is -1.99. The summed E-state index contributed by atoms with van der Waals surface area (Å²) in [5.74, 6) is -0.984. The van der Waals surface area contributed by atoms with Gasteiger partial charge >= 0.3 is 5.97 Å². The van der Waals surface area contributed by atoms with Gasteiger partial charge in [-0.25, -0.2) is 4.79 Å². The normalized spacial score (nSPS) is 10.2. The van der Waals surface area contributed by atoms with Gasteiger partial charge in [-0.05, 0) is 30.7 Å². The Morgan fingerprint density at radius 2 is 2.20 bits per heavy atom. The van der Waals surface area contributed by atoms with E-state index in [2.05, 4.69) is 15.2 Å². The third kappa shape index (κ3) is 1.71. The highest BCUT2D eigenvalue weighted by molar-refractivity contribution is 5.86. The van der Waals surface area contributed by atoms with E-state index in [9.17, 15) is 4.79 Å². The van der Waals surface area contributed by atoms with Gasteiger partial charge < -0.3 is 10.1 Å². The van der Waals surface area contributed by atoms with E-state index in [-0.39, 0.29) is 5.69 Å². The summed E-state index contributed by atoms with van der Waals surface area (Å²) in [6.45, 7) is 1.89. The number of nitrogens with one attached hydrogen (secondary N) is 1. The fourth-order valence-electron chi connectivity index (χ4n) is 1.32. The molecule has 5 heteroatoms. The van der Waals surface area contributed by atoms with E-state index in [0.717, 1.165) is 5.56 Å². The number of nitrogens with zero attached hydrogens (tertiary/aromatic N) is 2. The molecule has 0 bridgehead atoms. The zero-order valence-corrected chi connectivity index (χ0v) is 8.06. The van der Waals surface area contributed by atoms with Crippen LogP contribution in [0.5, 0.6) is 0 Å². The second kappa shape index (κ2) is 3.53. The smallest absolute Gasteiger partial charge is 0.352 e. The minimum absolute atomic E-state index is 0.148. The summed E-state index contributed by atoms with van der Waals surface area (Å²) in [4.78, 5) is 13.4. The maximum Gasteiger partial charge on any atom is 0.352 e. The Balaban J connectivity index is 2.46. The van der Waals surface area contributed by atoms with Crippen molar-refractivity contribution in [3.8, 4) is 11.4 Å². The van der Waals surface area contributed by atoms with Gasteiger partial charge in [0.25, 0.3) is 0 Å². The summed E-state index contributed by atoms with van der Waals surface area (Å²) in [6, 6.07) is 5.01. The number of carbonyl (C=O) groups is 1. The van der Waals surface area contributed by atoms with Crippen LogP contribution in [0.1, 0.15) is 16.1 Å². The molecule has 76 valence electrons. The van der Waals surface area contributed by atoms with Gasteiger partial charge in [0.05, 0.1) is 5.69 Å². The second-order valence-electron chi connectivity index (χ2n) is 3.15.